The van der Waals surface area contributed by atoms with Gasteiger partial charge < -0.3 is 10.3 Å². The molecule has 1 aliphatic rings. The van der Waals surface area contributed by atoms with Crippen LogP contribution in [-0.4, -0.2) is 9.55 Å². The van der Waals surface area contributed by atoms with Gasteiger partial charge >= 0.3 is 0 Å². The van der Waals surface area contributed by atoms with Crippen molar-refractivity contribution in [2.75, 3.05) is 0 Å². The molecular formula is C13H15N3. The van der Waals surface area contributed by atoms with Crippen molar-refractivity contribution in [1.29, 1.82) is 0 Å². The number of benzene rings is 1. The lowest BCUT2D eigenvalue weighted by Gasteiger charge is -2.14. The molecule has 1 aromatic heterocycles. The summed E-state index contributed by atoms with van der Waals surface area (Å²) in [4.78, 5) is 4.21. The molecule has 1 heterocycles. The van der Waals surface area contributed by atoms with E-state index in [1.807, 2.05) is 30.7 Å². The Kier molecular flexibility index (Phi) is 2.26. The van der Waals surface area contributed by atoms with E-state index in [9.17, 15) is 0 Å². The van der Waals surface area contributed by atoms with Crippen molar-refractivity contribution >= 4 is 0 Å². The quantitative estimate of drug-likeness (QED) is 0.850. The van der Waals surface area contributed by atoms with Crippen LogP contribution in [-0.2, 0) is 0 Å². The van der Waals surface area contributed by atoms with Gasteiger partial charge in [-0.2, -0.15) is 0 Å². The van der Waals surface area contributed by atoms with E-state index in [0.29, 0.717) is 6.04 Å². The molecule has 3 heteroatoms. The molecule has 0 spiro atoms. The minimum atomic E-state index is -0.0655. The SMILES string of the molecule is NC(c1ccccc1)c1cncn1C1CC1. The summed E-state index contributed by atoms with van der Waals surface area (Å²) in [7, 11) is 0. The van der Waals surface area contributed by atoms with Crippen LogP contribution in [0.25, 0.3) is 0 Å². The number of aromatic nitrogens is 2. The van der Waals surface area contributed by atoms with Crippen LogP contribution in [0, 0.1) is 0 Å². The van der Waals surface area contributed by atoms with Gasteiger partial charge in [0.15, 0.2) is 0 Å². The van der Waals surface area contributed by atoms with E-state index in [-0.39, 0.29) is 6.04 Å². The first kappa shape index (κ1) is 9.60. The first-order valence-corrected chi connectivity index (χ1v) is 5.68. The topological polar surface area (TPSA) is 43.8 Å². The van der Waals surface area contributed by atoms with Crippen molar-refractivity contribution in [1.82, 2.24) is 9.55 Å². The summed E-state index contributed by atoms with van der Waals surface area (Å²) < 4.78 is 2.22. The normalized spacial score (nSPS) is 17.3. The molecule has 0 radical (unpaired) electrons. The molecule has 16 heavy (non-hydrogen) atoms. The Labute approximate surface area is 94.9 Å². The van der Waals surface area contributed by atoms with Crippen molar-refractivity contribution in [3.8, 4) is 0 Å². The predicted molar refractivity (Wildman–Crippen MR) is 63.0 cm³/mol. The summed E-state index contributed by atoms with van der Waals surface area (Å²) in [6, 6.07) is 10.7. The van der Waals surface area contributed by atoms with Gasteiger partial charge in [-0.25, -0.2) is 4.98 Å². The maximum Gasteiger partial charge on any atom is 0.0951 e. The van der Waals surface area contributed by atoms with Crippen LogP contribution in [0.3, 0.4) is 0 Å². The van der Waals surface area contributed by atoms with Crippen molar-refractivity contribution in [3.63, 3.8) is 0 Å². The summed E-state index contributed by atoms with van der Waals surface area (Å²) in [6.07, 6.45) is 6.29. The van der Waals surface area contributed by atoms with E-state index in [2.05, 4.69) is 21.7 Å². The van der Waals surface area contributed by atoms with Crippen LogP contribution >= 0.6 is 0 Å². The Bertz CT molecular complexity index is 471. The Morgan fingerprint density at radius 2 is 2.00 bits per heavy atom. The lowest BCUT2D eigenvalue weighted by atomic mass is 10.1. The zero-order valence-corrected chi connectivity index (χ0v) is 9.08. The molecule has 1 atom stereocenters. The zero-order valence-electron chi connectivity index (χ0n) is 9.08. The molecule has 1 aromatic carbocycles. The molecular weight excluding hydrogens is 198 g/mol. The molecule has 0 saturated heterocycles. The highest BCUT2D eigenvalue weighted by atomic mass is 15.1. The Morgan fingerprint density at radius 3 is 2.69 bits per heavy atom. The number of nitrogens with two attached hydrogens (primary N) is 1. The van der Waals surface area contributed by atoms with E-state index in [1.54, 1.807) is 0 Å². The lowest BCUT2D eigenvalue weighted by molar-refractivity contribution is 0.661. The van der Waals surface area contributed by atoms with E-state index in [4.69, 9.17) is 5.73 Å². The number of hydrogen-bond acceptors (Lipinski definition) is 2. The Hall–Kier alpha value is -1.61. The largest absolute Gasteiger partial charge is 0.330 e. The molecule has 1 saturated carbocycles. The molecule has 1 aliphatic carbocycles. The molecule has 3 nitrogen and oxygen atoms in total. The molecule has 2 aromatic rings. The third-order valence-corrected chi connectivity index (χ3v) is 3.11. The van der Waals surface area contributed by atoms with Gasteiger partial charge in [-0.15, -0.1) is 0 Å². The Balaban J connectivity index is 1.94. The third-order valence-electron chi connectivity index (χ3n) is 3.11. The van der Waals surface area contributed by atoms with Crippen molar-refractivity contribution in [3.05, 3.63) is 54.1 Å². The van der Waals surface area contributed by atoms with Gasteiger partial charge in [0.1, 0.15) is 0 Å². The molecule has 82 valence electrons. The summed E-state index contributed by atoms with van der Waals surface area (Å²) >= 11 is 0. The average Bonchev–Trinajstić information content (AvgIpc) is 3.07. The van der Waals surface area contributed by atoms with Crippen LogP contribution < -0.4 is 5.73 Å². The lowest BCUT2D eigenvalue weighted by Crippen LogP contribution is -2.15. The highest BCUT2D eigenvalue weighted by Gasteiger charge is 2.27. The van der Waals surface area contributed by atoms with Crippen LogP contribution in [0.2, 0.25) is 0 Å². The molecule has 3 rings (SSSR count). The van der Waals surface area contributed by atoms with Crippen LogP contribution in [0.15, 0.2) is 42.9 Å². The van der Waals surface area contributed by atoms with Gasteiger partial charge in [0.05, 0.1) is 24.3 Å². The molecule has 1 unspecified atom stereocenters. The standard InChI is InChI=1S/C13H15N3/c14-13(10-4-2-1-3-5-10)12-8-15-9-16(12)11-6-7-11/h1-5,8-9,11,13H,6-7,14H2. The second-order valence-corrected chi connectivity index (χ2v) is 4.35. The van der Waals surface area contributed by atoms with Crippen molar-refractivity contribution < 1.29 is 0 Å². The fraction of sp³-hybridized carbons (Fsp3) is 0.308. The third kappa shape index (κ3) is 1.63. The van der Waals surface area contributed by atoms with E-state index < -0.39 is 0 Å². The fourth-order valence-electron chi connectivity index (χ4n) is 2.04. The second-order valence-electron chi connectivity index (χ2n) is 4.35. The first-order valence-electron chi connectivity index (χ1n) is 5.68. The first-order chi connectivity index (χ1) is 7.86. The summed E-state index contributed by atoms with van der Waals surface area (Å²) in [5.41, 5.74) is 8.53. The van der Waals surface area contributed by atoms with Gasteiger partial charge in [0, 0.05) is 6.04 Å². The molecule has 0 bridgehead atoms. The smallest absolute Gasteiger partial charge is 0.0951 e. The average molecular weight is 213 g/mol. The summed E-state index contributed by atoms with van der Waals surface area (Å²) in [6.45, 7) is 0. The maximum atomic E-state index is 6.27. The van der Waals surface area contributed by atoms with E-state index >= 15 is 0 Å². The van der Waals surface area contributed by atoms with Gasteiger partial charge in [-0.3, -0.25) is 0 Å². The number of imidazole rings is 1. The monoisotopic (exact) mass is 213 g/mol. The molecule has 0 aliphatic heterocycles. The fourth-order valence-corrected chi connectivity index (χ4v) is 2.04. The van der Waals surface area contributed by atoms with Gasteiger partial charge in [-0.1, -0.05) is 30.3 Å². The van der Waals surface area contributed by atoms with Crippen LogP contribution in [0.4, 0.5) is 0 Å². The van der Waals surface area contributed by atoms with Gasteiger partial charge in [-0.05, 0) is 18.4 Å². The number of nitrogens with zero attached hydrogens (tertiary/aromatic N) is 2. The maximum absolute atomic E-state index is 6.27. The second kappa shape index (κ2) is 3.76. The molecule has 2 N–H and O–H groups in total. The molecule has 0 amide bonds. The summed E-state index contributed by atoms with van der Waals surface area (Å²) in [5, 5.41) is 0. The van der Waals surface area contributed by atoms with Crippen LogP contribution in [0.5, 0.6) is 0 Å². The highest BCUT2D eigenvalue weighted by Crippen LogP contribution is 2.37. The van der Waals surface area contributed by atoms with Gasteiger partial charge in [0.25, 0.3) is 0 Å². The number of rotatable bonds is 3. The van der Waals surface area contributed by atoms with E-state index in [1.165, 1.54) is 12.8 Å². The molecule has 1 fully saturated rings. The predicted octanol–water partition coefficient (Wildman–Crippen LogP) is 2.27. The van der Waals surface area contributed by atoms with Gasteiger partial charge in [0.2, 0.25) is 0 Å². The zero-order chi connectivity index (χ0) is 11.0. The highest BCUT2D eigenvalue weighted by molar-refractivity contribution is 5.27. The minimum absolute atomic E-state index is 0.0655. The minimum Gasteiger partial charge on any atom is -0.330 e. The van der Waals surface area contributed by atoms with Crippen molar-refractivity contribution in [2.24, 2.45) is 5.73 Å². The summed E-state index contributed by atoms with van der Waals surface area (Å²) in [5.74, 6) is 0. The van der Waals surface area contributed by atoms with Crippen LogP contribution in [0.1, 0.15) is 36.2 Å². The van der Waals surface area contributed by atoms with Crippen molar-refractivity contribution in [2.45, 2.75) is 24.9 Å². The van der Waals surface area contributed by atoms with E-state index in [0.717, 1.165) is 11.3 Å². The Morgan fingerprint density at radius 1 is 1.25 bits per heavy atom. The number of hydrogen-bond donors (Lipinski definition) is 1.